The molecule has 1 unspecified atom stereocenters. The molecule has 2 aromatic heterocycles. The van der Waals surface area contributed by atoms with Crippen LogP contribution in [0.4, 0.5) is 5.69 Å². The van der Waals surface area contributed by atoms with E-state index in [-0.39, 0.29) is 24.3 Å². The minimum absolute atomic E-state index is 0.0663. The van der Waals surface area contributed by atoms with Gasteiger partial charge >= 0.3 is 0 Å². The number of nitrogens with one attached hydrogen (secondary N) is 1. The molecule has 8 heteroatoms. The lowest BCUT2D eigenvalue weighted by Gasteiger charge is -2.18. The Labute approximate surface area is 176 Å². The summed E-state index contributed by atoms with van der Waals surface area (Å²) in [6.45, 7) is 3.19. The predicted molar refractivity (Wildman–Crippen MR) is 116 cm³/mol. The van der Waals surface area contributed by atoms with Crippen LogP contribution in [0.1, 0.15) is 24.0 Å². The standard InChI is InChI=1S/C22H26N6O2/c1-15(14-28(2)3)30-22-21(11-23)26-12-18(27-22)10-17-9-16-5-4-6-20(24-7-8-29)19(16)13-25-17/h4-6,9,12-13,15,24,29H,7-8,10,14H2,1-3H3. The SMILES string of the molecule is CC(CN(C)C)Oc1nc(Cc2cc3cccc(NCCO)c3cn2)cnc1C#N. The molecule has 0 saturated carbocycles. The molecule has 2 heterocycles. The number of fused-ring (bicyclic) bond motifs is 1. The van der Waals surface area contributed by atoms with Crippen molar-refractivity contribution >= 4 is 16.5 Å². The van der Waals surface area contributed by atoms with Crippen molar-refractivity contribution in [3.05, 3.63) is 53.7 Å². The second kappa shape index (κ2) is 9.96. The van der Waals surface area contributed by atoms with Crippen LogP contribution in [0.2, 0.25) is 0 Å². The van der Waals surface area contributed by atoms with E-state index >= 15 is 0 Å². The van der Waals surface area contributed by atoms with Crippen molar-refractivity contribution in [1.82, 2.24) is 19.9 Å². The predicted octanol–water partition coefficient (Wildman–Crippen LogP) is 2.22. The summed E-state index contributed by atoms with van der Waals surface area (Å²) in [4.78, 5) is 15.3. The number of aliphatic hydroxyl groups is 1. The number of rotatable bonds is 9. The number of hydrogen-bond donors (Lipinski definition) is 2. The van der Waals surface area contributed by atoms with Crippen molar-refractivity contribution in [2.45, 2.75) is 19.4 Å². The molecule has 3 rings (SSSR count). The molecular weight excluding hydrogens is 380 g/mol. The van der Waals surface area contributed by atoms with Crippen LogP contribution in [0.25, 0.3) is 10.8 Å². The van der Waals surface area contributed by atoms with E-state index in [2.05, 4.69) is 20.3 Å². The average Bonchev–Trinajstić information content (AvgIpc) is 2.71. The number of hydrogen-bond acceptors (Lipinski definition) is 8. The molecule has 0 amide bonds. The fourth-order valence-corrected chi connectivity index (χ4v) is 3.24. The third kappa shape index (κ3) is 5.41. The first-order chi connectivity index (χ1) is 14.5. The van der Waals surface area contributed by atoms with Crippen molar-refractivity contribution in [2.24, 2.45) is 0 Å². The first-order valence-corrected chi connectivity index (χ1v) is 9.80. The van der Waals surface area contributed by atoms with Crippen LogP contribution in [0, 0.1) is 11.3 Å². The van der Waals surface area contributed by atoms with Gasteiger partial charge in [-0.1, -0.05) is 12.1 Å². The highest BCUT2D eigenvalue weighted by atomic mass is 16.5. The summed E-state index contributed by atoms with van der Waals surface area (Å²) in [5, 5.41) is 23.6. The lowest BCUT2D eigenvalue weighted by molar-refractivity contribution is 0.169. The zero-order valence-corrected chi connectivity index (χ0v) is 17.5. The molecule has 0 radical (unpaired) electrons. The molecular formula is C22H26N6O2. The summed E-state index contributed by atoms with van der Waals surface area (Å²) >= 11 is 0. The summed E-state index contributed by atoms with van der Waals surface area (Å²) in [7, 11) is 3.92. The fourth-order valence-electron chi connectivity index (χ4n) is 3.24. The van der Waals surface area contributed by atoms with Gasteiger partial charge in [0.1, 0.15) is 12.2 Å². The molecule has 0 aliphatic rings. The highest BCUT2D eigenvalue weighted by molar-refractivity contribution is 5.93. The van der Waals surface area contributed by atoms with Crippen LogP contribution < -0.4 is 10.1 Å². The maximum Gasteiger partial charge on any atom is 0.251 e. The van der Waals surface area contributed by atoms with Crippen LogP contribution in [0.15, 0.2) is 36.7 Å². The quantitative estimate of drug-likeness (QED) is 0.557. The molecule has 3 aromatic rings. The smallest absolute Gasteiger partial charge is 0.251 e. The third-order valence-corrected chi connectivity index (χ3v) is 4.44. The average molecular weight is 406 g/mol. The highest BCUT2D eigenvalue weighted by Gasteiger charge is 2.14. The maximum atomic E-state index is 9.32. The van der Waals surface area contributed by atoms with Crippen LogP contribution in [-0.2, 0) is 6.42 Å². The molecule has 0 bridgehead atoms. The van der Waals surface area contributed by atoms with Crippen LogP contribution in [-0.4, -0.2) is 64.9 Å². The molecule has 1 atom stereocenters. The van der Waals surface area contributed by atoms with E-state index in [4.69, 9.17) is 9.84 Å². The number of anilines is 1. The Balaban J connectivity index is 1.82. The number of pyridine rings is 1. The van der Waals surface area contributed by atoms with Crippen molar-refractivity contribution in [3.63, 3.8) is 0 Å². The fraction of sp³-hybridized carbons (Fsp3) is 0.364. The van der Waals surface area contributed by atoms with Gasteiger partial charge in [0.25, 0.3) is 5.88 Å². The third-order valence-electron chi connectivity index (χ3n) is 4.44. The number of aliphatic hydroxyl groups excluding tert-OH is 1. The molecule has 156 valence electrons. The second-order valence-corrected chi connectivity index (χ2v) is 7.35. The molecule has 30 heavy (non-hydrogen) atoms. The van der Waals surface area contributed by atoms with Gasteiger partial charge in [-0.15, -0.1) is 0 Å². The molecule has 2 N–H and O–H groups in total. The Bertz CT molecular complexity index is 1050. The zero-order valence-electron chi connectivity index (χ0n) is 17.5. The number of aromatic nitrogens is 3. The van der Waals surface area contributed by atoms with Gasteiger partial charge in [0.05, 0.1) is 18.5 Å². The number of nitrogens with zero attached hydrogens (tertiary/aromatic N) is 5. The van der Waals surface area contributed by atoms with Crippen molar-refractivity contribution in [2.75, 3.05) is 39.1 Å². The number of ether oxygens (including phenoxy) is 1. The Morgan fingerprint density at radius 3 is 2.80 bits per heavy atom. The van der Waals surface area contributed by atoms with Crippen LogP contribution in [0.3, 0.4) is 0 Å². The topological polar surface area (TPSA) is 107 Å². The normalized spacial score (nSPS) is 12.0. The molecule has 0 aliphatic carbocycles. The lowest BCUT2D eigenvalue weighted by Crippen LogP contribution is -2.28. The van der Waals surface area contributed by atoms with Crippen molar-refractivity contribution in [3.8, 4) is 11.9 Å². The van der Waals surface area contributed by atoms with Gasteiger partial charge in [-0.05, 0) is 38.5 Å². The minimum Gasteiger partial charge on any atom is -0.471 e. The van der Waals surface area contributed by atoms with E-state index in [1.54, 1.807) is 6.20 Å². The van der Waals surface area contributed by atoms with Gasteiger partial charge < -0.3 is 20.1 Å². The molecule has 0 saturated heterocycles. The molecule has 0 aliphatic heterocycles. The lowest BCUT2D eigenvalue weighted by atomic mass is 10.1. The highest BCUT2D eigenvalue weighted by Crippen LogP contribution is 2.24. The summed E-state index contributed by atoms with van der Waals surface area (Å²) < 4.78 is 5.86. The second-order valence-electron chi connectivity index (χ2n) is 7.35. The number of nitriles is 1. The van der Waals surface area contributed by atoms with Crippen LogP contribution in [0.5, 0.6) is 5.88 Å². The Kier molecular flexibility index (Phi) is 7.12. The van der Waals surface area contributed by atoms with Crippen LogP contribution >= 0.6 is 0 Å². The van der Waals surface area contributed by atoms with Gasteiger partial charge in [0.15, 0.2) is 0 Å². The van der Waals surface area contributed by atoms with E-state index in [0.717, 1.165) is 22.2 Å². The molecule has 8 nitrogen and oxygen atoms in total. The van der Waals surface area contributed by atoms with Crippen molar-refractivity contribution < 1.29 is 9.84 Å². The summed E-state index contributed by atoms with van der Waals surface area (Å²) in [6, 6.07) is 9.99. The molecule has 1 aromatic carbocycles. The van der Waals surface area contributed by atoms with E-state index < -0.39 is 0 Å². The summed E-state index contributed by atoms with van der Waals surface area (Å²) in [6.07, 6.45) is 3.76. The van der Waals surface area contributed by atoms with E-state index in [9.17, 15) is 5.26 Å². The monoisotopic (exact) mass is 406 g/mol. The first kappa shape index (κ1) is 21.4. The van der Waals surface area contributed by atoms with Gasteiger partial charge in [0, 0.05) is 42.5 Å². The molecule has 0 fully saturated rings. The van der Waals surface area contributed by atoms with E-state index in [1.807, 2.05) is 62.5 Å². The molecule has 0 spiro atoms. The summed E-state index contributed by atoms with van der Waals surface area (Å²) in [5.41, 5.74) is 2.63. The number of likely N-dealkylation sites (N-methyl/N-ethyl adjacent to an activating group) is 1. The van der Waals surface area contributed by atoms with Gasteiger partial charge in [-0.2, -0.15) is 5.26 Å². The van der Waals surface area contributed by atoms with Gasteiger partial charge in [0.2, 0.25) is 5.69 Å². The Morgan fingerprint density at radius 2 is 2.07 bits per heavy atom. The van der Waals surface area contributed by atoms with E-state index in [0.29, 0.717) is 25.2 Å². The largest absolute Gasteiger partial charge is 0.471 e. The Hall–Kier alpha value is -3.28. The minimum atomic E-state index is -0.125. The first-order valence-electron chi connectivity index (χ1n) is 9.80. The van der Waals surface area contributed by atoms with E-state index in [1.165, 1.54) is 0 Å². The maximum absolute atomic E-state index is 9.32. The van der Waals surface area contributed by atoms with Gasteiger partial charge in [-0.25, -0.2) is 9.97 Å². The Morgan fingerprint density at radius 1 is 1.23 bits per heavy atom. The number of benzene rings is 1. The van der Waals surface area contributed by atoms with Crippen molar-refractivity contribution in [1.29, 1.82) is 5.26 Å². The van der Waals surface area contributed by atoms with Gasteiger partial charge in [-0.3, -0.25) is 4.98 Å². The zero-order chi connectivity index (χ0) is 21.5. The summed E-state index contributed by atoms with van der Waals surface area (Å²) in [5.74, 6) is 0.251.